The van der Waals surface area contributed by atoms with Gasteiger partial charge in [-0.25, -0.2) is 0 Å². The third kappa shape index (κ3) is 3.54. The van der Waals surface area contributed by atoms with Crippen LogP contribution in [-0.4, -0.2) is 24.8 Å². The molecule has 2 aromatic rings. The van der Waals surface area contributed by atoms with Crippen LogP contribution in [0.2, 0.25) is 0 Å². The molecule has 1 N–H and O–H groups in total. The average Bonchev–Trinajstić information content (AvgIpc) is 2.49. The second-order valence-electron chi connectivity index (χ2n) is 4.71. The van der Waals surface area contributed by atoms with Crippen LogP contribution in [0.4, 0.5) is 0 Å². The van der Waals surface area contributed by atoms with Crippen molar-refractivity contribution in [2.45, 2.75) is 12.8 Å². The summed E-state index contributed by atoms with van der Waals surface area (Å²) >= 11 is 0. The lowest BCUT2D eigenvalue weighted by Gasteiger charge is -2.17. The molecule has 0 heterocycles. The van der Waals surface area contributed by atoms with E-state index in [1.807, 2.05) is 43.3 Å². The van der Waals surface area contributed by atoms with Crippen LogP contribution < -0.4 is 9.47 Å². The molecule has 0 aromatic heterocycles. The lowest BCUT2D eigenvalue weighted by atomic mass is 9.96. The summed E-state index contributed by atoms with van der Waals surface area (Å²) in [6.45, 7) is 1.95. The predicted octanol–water partition coefficient (Wildman–Crippen LogP) is 3.25. The monoisotopic (exact) mass is 286 g/mol. The molecule has 0 aliphatic rings. The summed E-state index contributed by atoms with van der Waals surface area (Å²) in [7, 11) is 1.55. The number of ether oxygens (including phenoxy) is 2. The van der Waals surface area contributed by atoms with Crippen LogP contribution in [0.25, 0.3) is 0 Å². The van der Waals surface area contributed by atoms with Gasteiger partial charge in [-0.15, -0.1) is 0 Å². The van der Waals surface area contributed by atoms with Gasteiger partial charge in [-0.2, -0.15) is 0 Å². The maximum absolute atomic E-state index is 11.5. The first-order valence-corrected chi connectivity index (χ1v) is 6.67. The molecule has 2 rings (SSSR count). The van der Waals surface area contributed by atoms with Crippen molar-refractivity contribution in [2.24, 2.45) is 0 Å². The second-order valence-corrected chi connectivity index (χ2v) is 4.71. The molecule has 4 nitrogen and oxygen atoms in total. The van der Waals surface area contributed by atoms with Crippen LogP contribution in [0, 0.1) is 6.92 Å². The molecule has 0 saturated heterocycles. The van der Waals surface area contributed by atoms with E-state index in [0.717, 1.165) is 11.1 Å². The van der Waals surface area contributed by atoms with Gasteiger partial charge in [0.05, 0.1) is 7.11 Å². The van der Waals surface area contributed by atoms with E-state index in [-0.39, 0.29) is 6.61 Å². The highest BCUT2D eigenvalue weighted by Gasteiger charge is 2.22. The van der Waals surface area contributed by atoms with Gasteiger partial charge in [0.25, 0.3) is 0 Å². The van der Waals surface area contributed by atoms with E-state index < -0.39 is 11.9 Å². The SMILES string of the molecule is COc1ccccc1OCC(C(=O)O)c1ccccc1C. The summed E-state index contributed by atoms with van der Waals surface area (Å²) in [5, 5.41) is 9.44. The summed E-state index contributed by atoms with van der Waals surface area (Å²) in [6, 6.07) is 14.6. The highest BCUT2D eigenvalue weighted by Crippen LogP contribution is 2.28. The van der Waals surface area contributed by atoms with E-state index in [9.17, 15) is 9.90 Å². The molecule has 0 fully saturated rings. The summed E-state index contributed by atoms with van der Waals surface area (Å²) in [5.74, 6) is -0.485. The first-order valence-electron chi connectivity index (χ1n) is 6.67. The highest BCUT2D eigenvalue weighted by molar-refractivity contribution is 5.76. The molecule has 1 unspecified atom stereocenters. The molecule has 4 heteroatoms. The molecule has 0 radical (unpaired) electrons. The van der Waals surface area contributed by atoms with Crippen LogP contribution in [-0.2, 0) is 4.79 Å². The number of carboxylic acids is 1. The van der Waals surface area contributed by atoms with Gasteiger partial charge < -0.3 is 14.6 Å². The zero-order chi connectivity index (χ0) is 15.2. The van der Waals surface area contributed by atoms with Crippen molar-refractivity contribution in [1.29, 1.82) is 0 Å². The molecule has 0 amide bonds. The largest absolute Gasteiger partial charge is 0.493 e. The minimum atomic E-state index is -0.904. The van der Waals surface area contributed by atoms with Gasteiger partial charge in [0, 0.05) is 0 Å². The van der Waals surface area contributed by atoms with Gasteiger partial charge >= 0.3 is 5.97 Å². The Morgan fingerprint density at radius 2 is 1.71 bits per heavy atom. The topological polar surface area (TPSA) is 55.8 Å². The van der Waals surface area contributed by atoms with Crippen LogP contribution >= 0.6 is 0 Å². The fourth-order valence-corrected chi connectivity index (χ4v) is 2.18. The van der Waals surface area contributed by atoms with Crippen molar-refractivity contribution in [2.75, 3.05) is 13.7 Å². The highest BCUT2D eigenvalue weighted by atomic mass is 16.5. The molecule has 0 aliphatic carbocycles. The fraction of sp³-hybridized carbons (Fsp3) is 0.235. The average molecular weight is 286 g/mol. The Bertz CT molecular complexity index is 622. The normalized spacial score (nSPS) is 11.7. The Morgan fingerprint density at radius 1 is 1.10 bits per heavy atom. The van der Waals surface area contributed by atoms with Gasteiger partial charge in [0.15, 0.2) is 11.5 Å². The third-order valence-corrected chi connectivity index (χ3v) is 3.34. The lowest BCUT2D eigenvalue weighted by Crippen LogP contribution is -2.20. The van der Waals surface area contributed by atoms with E-state index in [0.29, 0.717) is 11.5 Å². The van der Waals surface area contributed by atoms with Crippen molar-refractivity contribution >= 4 is 5.97 Å². The molecular formula is C17H18O4. The Kier molecular flexibility index (Phi) is 4.82. The van der Waals surface area contributed by atoms with E-state index in [1.165, 1.54) is 0 Å². The molecule has 0 spiro atoms. The number of aryl methyl sites for hydroxylation is 1. The van der Waals surface area contributed by atoms with Gasteiger partial charge in [0.1, 0.15) is 12.5 Å². The Labute approximate surface area is 123 Å². The number of carboxylic acid groups (broad SMARTS) is 1. The Balaban J connectivity index is 2.18. The number of benzene rings is 2. The number of para-hydroxylation sites is 2. The first kappa shape index (κ1) is 14.9. The second kappa shape index (κ2) is 6.79. The zero-order valence-electron chi connectivity index (χ0n) is 12.1. The molecule has 0 saturated carbocycles. The summed E-state index contributed by atoms with van der Waals surface area (Å²) in [5.41, 5.74) is 1.70. The van der Waals surface area contributed by atoms with Crippen molar-refractivity contribution in [3.8, 4) is 11.5 Å². The number of aliphatic carboxylic acids is 1. The van der Waals surface area contributed by atoms with Gasteiger partial charge in [-0.3, -0.25) is 4.79 Å². The van der Waals surface area contributed by atoms with Crippen LogP contribution in [0.3, 0.4) is 0 Å². The predicted molar refractivity (Wildman–Crippen MR) is 80.0 cm³/mol. The van der Waals surface area contributed by atoms with E-state index in [1.54, 1.807) is 19.2 Å². The number of rotatable bonds is 6. The summed E-state index contributed by atoms with van der Waals surface area (Å²) in [6.07, 6.45) is 0. The third-order valence-electron chi connectivity index (χ3n) is 3.34. The molecule has 0 bridgehead atoms. The minimum absolute atomic E-state index is 0.0561. The Morgan fingerprint density at radius 3 is 2.33 bits per heavy atom. The van der Waals surface area contributed by atoms with E-state index >= 15 is 0 Å². The maximum atomic E-state index is 11.5. The van der Waals surface area contributed by atoms with Crippen molar-refractivity contribution in [3.05, 3.63) is 59.7 Å². The van der Waals surface area contributed by atoms with Gasteiger partial charge in [0.2, 0.25) is 0 Å². The van der Waals surface area contributed by atoms with Crippen molar-refractivity contribution in [3.63, 3.8) is 0 Å². The molecule has 110 valence electrons. The molecule has 0 aliphatic heterocycles. The smallest absolute Gasteiger partial charge is 0.314 e. The van der Waals surface area contributed by atoms with Crippen LogP contribution in [0.1, 0.15) is 17.0 Å². The summed E-state index contributed by atoms with van der Waals surface area (Å²) < 4.78 is 10.9. The lowest BCUT2D eigenvalue weighted by molar-refractivity contribution is -0.139. The molecule has 21 heavy (non-hydrogen) atoms. The number of hydrogen-bond acceptors (Lipinski definition) is 3. The number of methoxy groups -OCH3 is 1. The van der Waals surface area contributed by atoms with Crippen LogP contribution in [0.5, 0.6) is 11.5 Å². The van der Waals surface area contributed by atoms with E-state index in [4.69, 9.17) is 9.47 Å². The van der Waals surface area contributed by atoms with Gasteiger partial charge in [-0.1, -0.05) is 36.4 Å². The maximum Gasteiger partial charge on any atom is 0.314 e. The number of hydrogen-bond donors (Lipinski definition) is 1. The minimum Gasteiger partial charge on any atom is -0.493 e. The number of carbonyl (C=O) groups is 1. The Hall–Kier alpha value is -2.49. The zero-order valence-corrected chi connectivity index (χ0v) is 12.1. The van der Waals surface area contributed by atoms with Gasteiger partial charge in [-0.05, 0) is 30.2 Å². The first-order chi connectivity index (χ1) is 10.1. The molecule has 2 aromatic carbocycles. The fourth-order valence-electron chi connectivity index (χ4n) is 2.18. The molecular weight excluding hydrogens is 268 g/mol. The quantitative estimate of drug-likeness (QED) is 0.885. The molecule has 1 atom stereocenters. The van der Waals surface area contributed by atoms with E-state index in [2.05, 4.69) is 0 Å². The standard InChI is InChI=1S/C17H18O4/c1-12-7-3-4-8-13(12)14(17(18)19)11-21-16-10-6-5-9-15(16)20-2/h3-10,14H,11H2,1-2H3,(H,18,19). The van der Waals surface area contributed by atoms with Crippen molar-refractivity contribution in [1.82, 2.24) is 0 Å². The van der Waals surface area contributed by atoms with Crippen molar-refractivity contribution < 1.29 is 19.4 Å². The summed E-state index contributed by atoms with van der Waals surface area (Å²) in [4.78, 5) is 11.5. The van der Waals surface area contributed by atoms with Crippen LogP contribution in [0.15, 0.2) is 48.5 Å².